The summed E-state index contributed by atoms with van der Waals surface area (Å²) in [4.78, 5) is 0. The van der Waals surface area contributed by atoms with E-state index in [-0.39, 0.29) is 0 Å². The van der Waals surface area contributed by atoms with Gasteiger partial charge in [-0.1, -0.05) is 0 Å². The third-order valence-electron chi connectivity index (χ3n) is 3.09. The Bertz CT molecular complexity index is 655. The Hall–Kier alpha value is -2.61. The van der Waals surface area contributed by atoms with E-state index in [1.807, 2.05) is 22.9 Å². The van der Waals surface area contributed by atoms with Crippen LogP contribution in [0.2, 0.25) is 0 Å². The standard InChI is InChI=1S/C14H13N3O2/c15-8-11-2-1-3-17(11)9-10-6-13-14(7-12(10)16)19-5-4-18-13/h1-3,6-7H,4-5,9,16H2. The summed E-state index contributed by atoms with van der Waals surface area (Å²) < 4.78 is 12.9. The SMILES string of the molecule is N#Cc1cccn1Cc1cc2c(cc1N)OCCO2. The second-order valence-electron chi connectivity index (χ2n) is 4.33. The molecule has 0 aliphatic carbocycles. The molecule has 19 heavy (non-hydrogen) atoms. The Labute approximate surface area is 110 Å². The number of nitrogen functional groups attached to an aromatic ring is 1. The van der Waals surface area contributed by atoms with Crippen LogP contribution in [0.15, 0.2) is 30.5 Å². The number of hydrogen-bond acceptors (Lipinski definition) is 4. The number of nitriles is 1. The predicted octanol–water partition coefficient (Wildman–Crippen LogP) is 1.76. The topological polar surface area (TPSA) is 73.2 Å². The van der Waals surface area contributed by atoms with Crippen LogP contribution in [0.5, 0.6) is 11.5 Å². The Morgan fingerprint density at radius 3 is 2.74 bits per heavy atom. The molecule has 0 unspecified atom stereocenters. The van der Waals surface area contributed by atoms with Gasteiger partial charge in [-0.15, -0.1) is 0 Å². The normalized spacial score (nSPS) is 13.0. The maximum absolute atomic E-state index is 9.00. The van der Waals surface area contributed by atoms with Gasteiger partial charge in [-0.2, -0.15) is 5.26 Å². The van der Waals surface area contributed by atoms with Gasteiger partial charge in [-0.05, 0) is 23.8 Å². The predicted molar refractivity (Wildman–Crippen MR) is 70.1 cm³/mol. The molecule has 0 saturated carbocycles. The maximum Gasteiger partial charge on any atom is 0.163 e. The molecule has 0 radical (unpaired) electrons. The molecule has 1 aromatic heterocycles. The third kappa shape index (κ3) is 2.08. The highest BCUT2D eigenvalue weighted by molar-refractivity contribution is 5.58. The van der Waals surface area contributed by atoms with Crippen LogP contribution in [0.1, 0.15) is 11.3 Å². The number of benzene rings is 1. The Kier molecular flexibility index (Phi) is 2.76. The summed E-state index contributed by atoms with van der Waals surface area (Å²) in [5, 5.41) is 9.00. The van der Waals surface area contributed by atoms with Crippen molar-refractivity contribution in [3.8, 4) is 17.6 Å². The number of fused-ring (bicyclic) bond motifs is 1. The van der Waals surface area contributed by atoms with Crippen molar-refractivity contribution >= 4 is 5.69 Å². The number of nitrogens with zero attached hydrogens (tertiary/aromatic N) is 2. The Morgan fingerprint density at radius 2 is 2.00 bits per heavy atom. The quantitative estimate of drug-likeness (QED) is 0.830. The molecule has 0 spiro atoms. The average Bonchev–Trinajstić information content (AvgIpc) is 2.87. The highest BCUT2D eigenvalue weighted by atomic mass is 16.6. The first-order valence-electron chi connectivity index (χ1n) is 6.01. The fourth-order valence-electron chi connectivity index (χ4n) is 2.12. The summed E-state index contributed by atoms with van der Waals surface area (Å²) in [5.74, 6) is 1.39. The van der Waals surface area contributed by atoms with E-state index in [1.165, 1.54) is 0 Å². The summed E-state index contributed by atoms with van der Waals surface area (Å²) >= 11 is 0. The molecule has 3 rings (SSSR count). The second-order valence-corrected chi connectivity index (χ2v) is 4.33. The number of hydrogen-bond donors (Lipinski definition) is 1. The van der Waals surface area contributed by atoms with Gasteiger partial charge < -0.3 is 19.8 Å². The molecule has 0 fully saturated rings. The zero-order valence-corrected chi connectivity index (χ0v) is 10.3. The number of aromatic nitrogens is 1. The molecule has 96 valence electrons. The van der Waals surface area contributed by atoms with Crippen molar-refractivity contribution in [2.24, 2.45) is 0 Å². The van der Waals surface area contributed by atoms with E-state index in [1.54, 1.807) is 12.1 Å². The van der Waals surface area contributed by atoms with E-state index in [0.29, 0.717) is 42.6 Å². The molecule has 1 aliphatic heterocycles. The molecular weight excluding hydrogens is 242 g/mol. The average molecular weight is 255 g/mol. The first-order valence-corrected chi connectivity index (χ1v) is 6.01. The van der Waals surface area contributed by atoms with Crippen LogP contribution in [0.4, 0.5) is 5.69 Å². The Morgan fingerprint density at radius 1 is 1.26 bits per heavy atom. The number of ether oxygens (including phenoxy) is 2. The van der Waals surface area contributed by atoms with Gasteiger partial charge in [0.2, 0.25) is 0 Å². The minimum absolute atomic E-state index is 0.540. The van der Waals surface area contributed by atoms with E-state index in [9.17, 15) is 0 Å². The van der Waals surface area contributed by atoms with Gasteiger partial charge in [0.05, 0.1) is 6.54 Å². The van der Waals surface area contributed by atoms with E-state index in [4.69, 9.17) is 20.5 Å². The van der Waals surface area contributed by atoms with Gasteiger partial charge in [-0.25, -0.2) is 0 Å². The lowest BCUT2D eigenvalue weighted by Gasteiger charge is -2.20. The second kappa shape index (κ2) is 4.58. The van der Waals surface area contributed by atoms with E-state index < -0.39 is 0 Å². The van der Waals surface area contributed by atoms with E-state index >= 15 is 0 Å². The number of rotatable bonds is 2. The zero-order valence-electron chi connectivity index (χ0n) is 10.3. The lowest BCUT2D eigenvalue weighted by atomic mass is 10.1. The van der Waals surface area contributed by atoms with Gasteiger partial charge in [0, 0.05) is 18.0 Å². The van der Waals surface area contributed by atoms with Crippen LogP contribution >= 0.6 is 0 Å². The summed E-state index contributed by atoms with van der Waals surface area (Å²) in [5.41, 5.74) is 8.18. The fraction of sp³-hybridized carbons (Fsp3) is 0.214. The summed E-state index contributed by atoms with van der Waals surface area (Å²) in [6, 6.07) is 9.41. The van der Waals surface area contributed by atoms with Crippen LogP contribution in [0.3, 0.4) is 0 Å². The van der Waals surface area contributed by atoms with Crippen molar-refractivity contribution in [2.75, 3.05) is 18.9 Å². The molecule has 2 heterocycles. The van der Waals surface area contributed by atoms with Crippen molar-refractivity contribution in [1.29, 1.82) is 5.26 Å². The fourth-order valence-corrected chi connectivity index (χ4v) is 2.12. The van der Waals surface area contributed by atoms with Gasteiger partial charge in [0.15, 0.2) is 11.5 Å². The van der Waals surface area contributed by atoms with Gasteiger partial charge >= 0.3 is 0 Å². The van der Waals surface area contributed by atoms with Crippen LogP contribution in [-0.2, 0) is 6.54 Å². The molecule has 0 saturated heterocycles. The Balaban J connectivity index is 1.95. The number of anilines is 1. The van der Waals surface area contributed by atoms with Crippen molar-refractivity contribution in [3.63, 3.8) is 0 Å². The molecule has 1 aliphatic rings. The van der Waals surface area contributed by atoms with Gasteiger partial charge in [0.25, 0.3) is 0 Å². The smallest absolute Gasteiger partial charge is 0.163 e. The monoisotopic (exact) mass is 255 g/mol. The van der Waals surface area contributed by atoms with Crippen molar-refractivity contribution in [3.05, 3.63) is 41.7 Å². The lowest BCUT2D eigenvalue weighted by Crippen LogP contribution is -2.16. The summed E-state index contributed by atoms with van der Waals surface area (Å²) in [6.07, 6.45) is 1.86. The summed E-state index contributed by atoms with van der Waals surface area (Å²) in [6.45, 7) is 1.63. The molecular formula is C14H13N3O2. The minimum atomic E-state index is 0.540. The molecule has 5 nitrogen and oxygen atoms in total. The molecule has 2 aromatic rings. The third-order valence-corrected chi connectivity index (χ3v) is 3.09. The van der Waals surface area contributed by atoms with Crippen molar-refractivity contribution < 1.29 is 9.47 Å². The van der Waals surface area contributed by atoms with Crippen LogP contribution < -0.4 is 15.2 Å². The largest absolute Gasteiger partial charge is 0.486 e. The minimum Gasteiger partial charge on any atom is -0.486 e. The molecule has 5 heteroatoms. The van der Waals surface area contributed by atoms with Crippen LogP contribution in [0.25, 0.3) is 0 Å². The first kappa shape index (κ1) is 11.5. The van der Waals surface area contributed by atoms with E-state index in [0.717, 1.165) is 5.56 Å². The van der Waals surface area contributed by atoms with Crippen molar-refractivity contribution in [1.82, 2.24) is 4.57 Å². The van der Waals surface area contributed by atoms with Gasteiger partial charge in [0.1, 0.15) is 25.0 Å². The molecule has 0 amide bonds. The first-order chi connectivity index (χ1) is 9.28. The molecule has 1 aromatic carbocycles. The lowest BCUT2D eigenvalue weighted by molar-refractivity contribution is 0.171. The highest BCUT2D eigenvalue weighted by Crippen LogP contribution is 2.34. The van der Waals surface area contributed by atoms with Crippen molar-refractivity contribution in [2.45, 2.75) is 6.54 Å². The summed E-state index contributed by atoms with van der Waals surface area (Å²) in [7, 11) is 0. The maximum atomic E-state index is 9.00. The van der Waals surface area contributed by atoms with Gasteiger partial charge in [-0.3, -0.25) is 0 Å². The molecule has 2 N–H and O–H groups in total. The zero-order chi connectivity index (χ0) is 13.2. The number of nitrogens with two attached hydrogens (primary N) is 1. The molecule has 0 atom stereocenters. The van der Waals surface area contributed by atoms with Crippen LogP contribution in [0, 0.1) is 11.3 Å². The molecule has 0 bridgehead atoms. The highest BCUT2D eigenvalue weighted by Gasteiger charge is 2.15. The van der Waals surface area contributed by atoms with E-state index in [2.05, 4.69) is 6.07 Å². The van der Waals surface area contributed by atoms with Crippen LogP contribution in [-0.4, -0.2) is 17.8 Å².